The van der Waals surface area contributed by atoms with Crippen molar-refractivity contribution in [1.29, 1.82) is 0 Å². The summed E-state index contributed by atoms with van der Waals surface area (Å²) < 4.78 is 25.7. The fraction of sp³-hybridized carbons (Fsp3) is 0.148. The number of anilines is 4. The van der Waals surface area contributed by atoms with Crippen molar-refractivity contribution in [3.05, 3.63) is 95.7 Å². The normalized spacial score (nSPS) is 11.2. The van der Waals surface area contributed by atoms with Gasteiger partial charge in [0, 0.05) is 32.0 Å². The summed E-state index contributed by atoms with van der Waals surface area (Å²) in [6.07, 6.45) is 1.62. The van der Waals surface area contributed by atoms with E-state index in [1.807, 2.05) is 29.8 Å². The topological polar surface area (TPSA) is 140 Å². The summed E-state index contributed by atoms with van der Waals surface area (Å²) in [5.41, 5.74) is 5.27. The molecule has 0 saturated heterocycles. The Hall–Kier alpha value is -4.19. The van der Waals surface area contributed by atoms with Crippen LogP contribution in [0.2, 0.25) is 0 Å². The maximum absolute atomic E-state index is 11.8. The van der Waals surface area contributed by atoms with E-state index in [1.54, 1.807) is 31.3 Å². The number of rotatable bonds is 9. The number of nitrogens with two attached hydrogens (primary N) is 1. The zero-order chi connectivity index (χ0) is 26.7. The molecule has 0 fully saturated rings. The van der Waals surface area contributed by atoms with E-state index in [0.29, 0.717) is 36.1 Å². The van der Waals surface area contributed by atoms with Crippen LogP contribution in [0.15, 0.2) is 83.9 Å². The molecule has 10 nitrogen and oxygen atoms in total. The monoisotopic (exact) mass is 564 g/mol. The third-order valence-electron chi connectivity index (χ3n) is 6.12. The van der Waals surface area contributed by atoms with Gasteiger partial charge in [-0.15, -0.1) is 12.4 Å². The molecule has 2 aromatic heterocycles. The number of hydrogen-bond acceptors (Lipinski definition) is 8. The molecule has 0 aliphatic heterocycles. The van der Waals surface area contributed by atoms with Gasteiger partial charge < -0.3 is 20.5 Å². The Morgan fingerprint density at radius 1 is 0.897 bits per heavy atom. The first-order chi connectivity index (χ1) is 18.3. The first-order valence-corrected chi connectivity index (χ1v) is 13.5. The van der Waals surface area contributed by atoms with Gasteiger partial charge >= 0.3 is 0 Å². The lowest BCUT2D eigenvalue weighted by atomic mass is 10.2. The summed E-state index contributed by atoms with van der Waals surface area (Å²) >= 11 is 0. The Kier molecular flexibility index (Phi) is 8.34. The van der Waals surface area contributed by atoms with E-state index in [9.17, 15) is 8.42 Å². The zero-order valence-corrected chi connectivity index (χ0v) is 23.1. The summed E-state index contributed by atoms with van der Waals surface area (Å²) in [7, 11) is -1.84. The van der Waals surface area contributed by atoms with Crippen LogP contribution in [0.5, 0.6) is 0 Å². The van der Waals surface area contributed by atoms with Crippen molar-refractivity contribution >= 4 is 56.9 Å². The third kappa shape index (κ3) is 6.63. The van der Waals surface area contributed by atoms with E-state index in [2.05, 4.69) is 56.3 Å². The Morgan fingerprint density at radius 2 is 1.67 bits per heavy atom. The van der Waals surface area contributed by atoms with Crippen molar-refractivity contribution in [1.82, 2.24) is 19.5 Å². The van der Waals surface area contributed by atoms with E-state index in [0.717, 1.165) is 22.5 Å². The molecular formula is C27H29ClN8O2S. The molecule has 5 aromatic rings. The fourth-order valence-electron chi connectivity index (χ4n) is 4.11. The molecule has 0 radical (unpaired) electrons. The number of imidazole rings is 1. The van der Waals surface area contributed by atoms with E-state index < -0.39 is 10.0 Å². The molecule has 0 unspecified atom stereocenters. The second kappa shape index (κ2) is 11.7. The van der Waals surface area contributed by atoms with Gasteiger partial charge in [-0.2, -0.15) is 4.98 Å². The third-order valence-corrected chi connectivity index (χ3v) is 7.17. The minimum atomic E-state index is -3.83. The van der Waals surface area contributed by atoms with E-state index in [1.165, 1.54) is 11.6 Å². The minimum absolute atomic E-state index is 0. The summed E-state index contributed by atoms with van der Waals surface area (Å²) in [6, 6.07) is 23.0. The Bertz CT molecular complexity index is 1710. The standard InChI is InChI=1S/C27H28N8O2S.ClH/c1-18-8-10-21(15-24(18)38(28,36)37)32-26-29-13-12-25(34-26)30-17-20-9-11-23-22(14-20)33-27(35(23)2)31-16-19-6-4-3-5-7-19;/h3-15H,16-17H2,1-2H3,(H,31,33)(H2,28,36,37)(H2,29,30,32,34);1H. The van der Waals surface area contributed by atoms with Gasteiger partial charge in [-0.1, -0.05) is 42.5 Å². The molecule has 0 amide bonds. The van der Waals surface area contributed by atoms with Gasteiger partial charge in [-0.05, 0) is 53.9 Å². The number of nitrogens with zero attached hydrogens (tertiary/aromatic N) is 4. The number of aryl methyl sites for hydroxylation is 2. The van der Waals surface area contributed by atoms with Crippen molar-refractivity contribution in [2.45, 2.75) is 24.9 Å². The lowest BCUT2D eigenvalue weighted by molar-refractivity contribution is 0.597. The highest BCUT2D eigenvalue weighted by Gasteiger charge is 2.13. The molecule has 39 heavy (non-hydrogen) atoms. The molecule has 0 atom stereocenters. The molecule has 202 valence electrons. The number of nitrogens with one attached hydrogen (secondary N) is 3. The van der Waals surface area contributed by atoms with Crippen LogP contribution in [0.3, 0.4) is 0 Å². The highest BCUT2D eigenvalue weighted by molar-refractivity contribution is 7.89. The van der Waals surface area contributed by atoms with Crippen LogP contribution in [0.1, 0.15) is 16.7 Å². The minimum Gasteiger partial charge on any atom is -0.366 e. The Labute approximate surface area is 233 Å². The number of sulfonamides is 1. The van der Waals surface area contributed by atoms with Gasteiger partial charge in [0.2, 0.25) is 21.9 Å². The van der Waals surface area contributed by atoms with Crippen molar-refractivity contribution in [3.63, 3.8) is 0 Å². The number of aromatic nitrogens is 4. The molecule has 0 aliphatic carbocycles. The molecule has 2 heterocycles. The van der Waals surface area contributed by atoms with Crippen molar-refractivity contribution in [2.24, 2.45) is 12.2 Å². The number of fused-ring (bicyclic) bond motifs is 1. The maximum atomic E-state index is 11.8. The molecule has 5 rings (SSSR count). The quantitative estimate of drug-likeness (QED) is 0.202. The van der Waals surface area contributed by atoms with Crippen molar-refractivity contribution in [3.8, 4) is 0 Å². The molecule has 5 N–H and O–H groups in total. The first-order valence-electron chi connectivity index (χ1n) is 12.0. The van der Waals surface area contributed by atoms with Gasteiger partial charge in [0.25, 0.3) is 0 Å². The highest BCUT2D eigenvalue weighted by Crippen LogP contribution is 2.23. The van der Waals surface area contributed by atoms with Crippen molar-refractivity contribution in [2.75, 3.05) is 16.0 Å². The van der Waals surface area contributed by atoms with Crippen LogP contribution in [0.25, 0.3) is 11.0 Å². The number of halogens is 1. The van der Waals surface area contributed by atoms with Crippen molar-refractivity contribution < 1.29 is 8.42 Å². The van der Waals surface area contributed by atoms with Gasteiger partial charge in [-0.3, -0.25) is 0 Å². The summed E-state index contributed by atoms with van der Waals surface area (Å²) in [4.78, 5) is 13.5. The van der Waals surface area contributed by atoms with E-state index in [4.69, 9.17) is 10.1 Å². The molecule has 0 bridgehead atoms. The Balaban J connectivity index is 0.00000353. The van der Waals surface area contributed by atoms with Gasteiger partial charge in [0.15, 0.2) is 0 Å². The largest absolute Gasteiger partial charge is 0.366 e. The van der Waals surface area contributed by atoms with Crippen LogP contribution in [-0.2, 0) is 30.2 Å². The molecule has 3 aromatic carbocycles. The number of hydrogen-bond donors (Lipinski definition) is 4. The van der Waals surface area contributed by atoms with Crippen LogP contribution in [-0.4, -0.2) is 27.9 Å². The predicted molar refractivity (Wildman–Crippen MR) is 157 cm³/mol. The molecular weight excluding hydrogens is 536 g/mol. The summed E-state index contributed by atoms with van der Waals surface area (Å²) in [5, 5.41) is 15.1. The van der Waals surface area contributed by atoms with Crippen LogP contribution in [0.4, 0.5) is 23.4 Å². The summed E-state index contributed by atoms with van der Waals surface area (Å²) in [5.74, 6) is 1.75. The maximum Gasteiger partial charge on any atom is 0.238 e. The molecule has 0 aliphatic rings. The average Bonchev–Trinajstić information content (AvgIpc) is 3.22. The average molecular weight is 565 g/mol. The predicted octanol–water partition coefficient (Wildman–Crippen LogP) is 4.71. The zero-order valence-electron chi connectivity index (χ0n) is 21.4. The van der Waals surface area contributed by atoms with Crippen LogP contribution in [0, 0.1) is 6.92 Å². The summed E-state index contributed by atoms with van der Waals surface area (Å²) in [6.45, 7) is 2.92. The van der Waals surface area contributed by atoms with Gasteiger partial charge in [0.05, 0.1) is 15.9 Å². The number of benzene rings is 3. The van der Waals surface area contributed by atoms with Crippen LogP contribution < -0.4 is 21.1 Å². The molecule has 0 spiro atoms. The van der Waals surface area contributed by atoms with E-state index in [-0.39, 0.29) is 17.3 Å². The van der Waals surface area contributed by atoms with Crippen LogP contribution >= 0.6 is 12.4 Å². The smallest absolute Gasteiger partial charge is 0.238 e. The highest BCUT2D eigenvalue weighted by atomic mass is 35.5. The fourth-order valence-corrected chi connectivity index (χ4v) is 4.92. The van der Waals surface area contributed by atoms with Gasteiger partial charge in [0.1, 0.15) is 5.82 Å². The molecule has 0 saturated carbocycles. The molecule has 12 heteroatoms. The second-order valence-electron chi connectivity index (χ2n) is 8.93. The number of primary sulfonamides is 1. The SMILES string of the molecule is Cc1ccc(Nc2nccc(NCc3ccc4c(c3)nc(NCc3ccccc3)n4C)n2)cc1S(N)(=O)=O.Cl. The first kappa shape index (κ1) is 27.8. The lowest BCUT2D eigenvalue weighted by Gasteiger charge is -2.10. The second-order valence-corrected chi connectivity index (χ2v) is 10.5. The van der Waals surface area contributed by atoms with E-state index >= 15 is 0 Å². The van der Waals surface area contributed by atoms with Gasteiger partial charge in [-0.25, -0.2) is 23.5 Å². The lowest BCUT2D eigenvalue weighted by Crippen LogP contribution is -2.14. The Morgan fingerprint density at radius 3 is 2.44 bits per heavy atom.